The summed E-state index contributed by atoms with van der Waals surface area (Å²) in [6.07, 6.45) is 14.5. The largest absolute Gasteiger partial charge is 0.260 e. The molecular formula is C15H22BrN. The molecule has 0 saturated heterocycles. The SMILES string of the molecule is Brc1ccc(CC2CCCCCCCC2)nc1. The molecule has 0 amide bonds. The molecule has 0 spiro atoms. The van der Waals surface area contributed by atoms with Gasteiger partial charge in [-0.1, -0.05) is 51.4 Å². The maximum atomic E-state index is 4.50. The molecule has 1 nitrogen and oxygen atoms in total. The Morgan fingerprint density at radius 1 is 1.00 bits per heavy atom. The van der Waals surface area contributed by atoms with Crippen molar-refractivity contribution in [2.75, 3.05) is 0 Å². The molecule has 2 rings (SSSR count). The minimum Gasteiger partial charge on any atom is -0.260 e. The fourth-order valence-corrected chi connectivity index (χ4v) is 2.98. The van der Waals surface area contributed by atoms with E-state index in [0.717, 1.165) is 10.4 Å². The Morgan fingerprint density at radius 2 is 1.65 bits per heavy atom. The van der Waals surface area contributed by atoms with E-state index in [-0.39, 0.29) is 0 Å². The average Bonchev–Trinajstić information content (AvgIpc) is 2.46. The van der Waals surface area contributed by atoms with Crippen LogP contribution in [0.3, 0.4) is 0 Å². The first-order valence-electron chi connectivity index (χ1n) is 6.95. The predicted molar refractivity (Wildman–Crippen MR) is 76.1 cm³/mol. The topological polar surface area (TPSA) is 12.9 Å². The van der Waals surface area contributed by atoms with Crippen molar-refractivity contribution in [2.45, 2.75) is 57.8 Å². The third-order valence-electron chi connectivity index (χ3n) is 3.76. The summed E-state index contributed by atoms with van der Waals surface area (Å²) >= 11 is 3.44. The highest BCUT2D eigenvalue weighted by Gasteiger charge is 2.12. The summed E-state index contributed by atoms with van der Waals surface area (Å²) in [5.41, 5.74) is 1.26. The lowest BCUT2D eigenvalue weighted by Gasteiger charge is -2.15. The molecule has 0 atom stereocenters. The van der Waals surface area contributed by atoms with Gasteiger partial charge in [0.15, 0.2) is 0 Å². The second kappa shape index (κ2) is 7.15. The van der Waals surface area contributed by atoms with Crippen LogP contribution < -0.4 is 0 Å². The Hall–Kier alpha value is -0.370. The molecule has 1 aliphatic carbocycles. The molecule has 1 aliphatic rings. The van der Waals surface area contributed by atoms with E-state index >= 15 is 0 Å². The maximum absolute atomic E-state index is 4.50. The molecular weight excluding hydrogens is 274 g/mol. The second-order valence-electron chi connectivity index (χ2n) is 5.24. The number of pyridine rings is 1. The molecule has 1 aromatic rings. The summed E-state index contributed by atoms with van der Waals surface area (Å²) < 4.78 is 1.08. The Balaban J connectivity index is 1.88. The summed E-state index contributed by atoms with van der Waals surface area (Å²) in [6, 6.07) is 4.27. The monoisotopic (exact) mass is 295 g/mol. The fourth-order valence-electron chi connectivity index (χ4n) is 2.74. The first kappa shape index (κ1) is 13.1. The number of aromatic nitrogens is 1. The van der Waals surface area contributed by atoms with Gasteiger partial charge in [0.2, 0.25) is 0 Å². The lowest BCUT2D eigenvalue weighted by atomic mass is 9.92. The molecule has 0 aromatic carbocycles. The Kier molecular flexibility index (Phi) is 5.50. The molecule has 1 fully saturated rings. The van der Waals surface area contributed by atoms with Crippen molar-refractivity contribution in [2.24, 2.45) is 5.92 Å². The number of nitrogens with zero attached hydrogens (tertiary/aromatic N) is 1. The van der Waals surface area contributed by atoms with Crippen molar-refractivity contribution in [1.29, 1.82) is 0 Å². The highest BCUT2D eigenvalue weighted by atomic mass is 79.9. The van der Waals surface area contributed by atoms with Gasteiger partial charge >= 0.3 is 0 Å². The van der Waals surface area contributed by atoms with Crippen LogP contribution in [0.4, 0.5) is 0 Å². The van der Waals surface area contributed by atoms with Crippen LogP contribution >= 0.6 is 15.9 Å². The average molecular weight is 296 g/mol. The molecule has 94 valence electrons. The smallest absolute Gasteiger partial charge is 0.0413 e. The van der Waals surface area contributed by atoms with Gasteiger partial charge < -0.3 is 0 Å². The molecule has 1 saturated carbocycles. The summed E-state index contributed by atoms with van der Waals surface area (Å²) in [7, 11) is 0. The van der Waals surface area contributed by atoms with Gasteiger partial charge in [-0.3, -0.25) is 4.98 Å². The highest BCUT2D eigenvalue weighted by molar-refractivity contribution is 9.10. The number of rotatable bonds is 2. The minimum atomic E-state index is 0.863. The van der Waals surface area contributed by atoms with Crippen LogP contribution in [0.25, 0.3) is 0 Å². The van der Waals surface area contributed by atoms with E-state index in [0.29, 0.717) is 0 Å². The van der Waals surface area contributed by atoms with Crippen molar-refractivity contribution < 1.29 is 0 Å². The first-order chi connectivity index (χ1) is 8.34. The van der Waals surface area contributed by atoms with Crippen molar-refractivity contribution in [3.8, 4) is 0 Å². The van der Waals surface area contributed by atoms with Crippen LogP contribution in [-0.4, -0.2) is 4.98 Å². The Bertz CT molecular complexity index is 310. The van der Waals surface area contributed by atoms with E-state index in [1.165, 1.54) is 63.5 Å². The predicted octanol–water partition coefficient (Wildman–Crippen LogP) is 5.14. The van der Waals surface area contributed by atoms with Gasteiger partial charge in [0.05, 0.1) is 0 Å². The third kappa shape index (κ3) is 4.79. The third-order valence-corrected chi connectivity index (χ3v) is 4.23. The number of hydrogen-bond donors (Lipinski definition) is 0. The molecule has 17 heavy (non-hydrogen) atoms. The van der Waals surface area contributed by atoms with Gasteiger partial charge in [-0.2, -0.15) is 0 Å². The zero-order valence-corrected chi connectivity index (χ0v) is 12.1. The van der Waals surface area contributed by atoms with Crippen LogP contribution in [0.2, 0.25) is 0 Å². The van der Waals surface area contributed by atoms with Crippen molar-refractivity contribution >= 4 is 15.9 Å². The fraction of sp³-hybridized carbons (Fsp3) is 0.667. The molecule has 0 N–H and O–H groups in total. The van der Waals surface area contributed by atoms with E-state index in [4.69, 9.17) is 0 Å². The van der Waals surface area contributed by atoms with Gasteiger partial charge in [-0.15, -0.1) is 0 Å². The van der Waals surface area contributed by atoms with Gasteiger partial charge in [0, 0.05) is 16.4 Å². The first-order valence-corrected chi connectivity index (χ1v) is 7.74. The van der Waals surface area contributed by atoms with E-state index < -0.39 is 0 Å². The van der Waals surface area contributed by atoms with E-state index in [2.05, 4.69) is 33.0 Å². The molecule has 0 bridgehead atoms. The Morgan fingerprint density at radius 3 is 2.24 bits per heavy atom. The number of hydrogen-bond acceptors (Lipinski definition) is 1. The van der Waals surface area contributed by atoms with E-state index in [9.17, 15) is 0 Å². The normalized spacial score (nSPS) is 19.4. The zero-order chi connectivity index (χ0) is 11.9. The molecule has 2 heteroatoms. The molecule has 0 radical (unpaired) electrons. The quantitative estimate of drug-likeness (QED) is 0.736. The van der Waals surface area contributed by atoms with Crippen molar-refractivity contribution in [3.05, 3.63) is 28.5 Å². The lowest BCUT2D eigenvalue weighted by Crippen LogP contribution is -2.06. The van der Waals surface area contributed by atoms with Crippen molar-refractivity contribution in [1.82, 2.24) is 4.98 Å². The summed E-state index contributed by atoms with van der Waals surface area (Å²) in [5, 5.41) is 0. The van der Waals surface area contributed by atoms with Crippen LogP contribution in [0.5, 0.6) is 0 Å². The van der Waals surface area contributed by atoms with Crippen LogP contribution in [0, 0.1) is 5.92 Å². The number of halogens is 1. The van der Waals surface area contributed by atoms with Crippen molar-refractivity contribution in [3.63, 3.8) is 0 Å². The summed E-state index contributed by atoms with van der Waals surface area (Å²) in [6.45, 7) is 0. The molecule has 0 aliphatic heterocycles. The second-order valence-corrected chi connectivity index (χ2v) is 6.15. The van der Waals surface area contributed by atoms with Gasteiger partial charge in [-0.25, -0.2) is 0 Å². The van der Waals surface area contributed by atoms with Crippen LogP contribution in [-0.2, 0) is 6.42 Å². The lowest BCUT2D eigenvalue weighted by molar-refractivity contribution is 0.422. The highest BCUT2D eigenvalue weighted by Crippen LogP contribution is 2.24. The zero-order valence-electron chi connectivity index (χ0n) is 10.5. The van der Waals surface area contributed by atoms with Crippen LogP contribution in [0.15, 0.2) is 22.8 Å². The molecule has 0 unspecified atom stereocenters. The van der Waals surface area contributed by atoms with Gasteiger partial charge in [-0.05, 0) is 40.4 Å². The van der Waals surface area contributed by atoms with Gasteiger partial charge in [0.1, 0.15) is 0 Å². The maximum Gasteiger partial charge on any atom is 0.0413 e. The van der Waals surface area contributed by atoms with Crippen LogP contribution in [0.1, 0.15) is 57.1 Å². The standard InChI is InChI=1S/C15H22BrN/c16-14-9-10-15(17-12-14)11-13-7-5-3-1-2-4-6-8-13/h9-10,12-13H,1-8,11H2. The Labute approximate surface area is 113 Å². The van der Waals surface area contributed by atoms with Gasteiger partial charge in [0.25, 0.3) is 0 Å². The molecule has 1 aromatic heterocycles. The summed E-state index contributed by atoms with van der Waals surface area (Å²) in [4.78, 5) is 4.50. The van der Waals surface area contributed by atoms with E-state index in [1.54, 1.807) is 0 Å². The van der Waals surface area contributed by atoms with E-state index in [1.807, 2.05) is 6.20 Å². The summed E-state index contributed by atoms with van der Waals surface area (Å²) in [5.74, 6) is 0.863. The molecule has 1 heterocycles. The minimum absolute atomic E-state index is 0.863.